The van der Waals surface area contributed by atoms with Crippen LogP contribution in [0.2, 0.25) is 0 Å². The van der Waals surface area contributed by atoms with Crippen LogP contribution in [0.3, 0.4) is 0 Å². The van der Waals surface area contributed by atoms with Crippen molar-refractivity contribution < 1.29 is 28.6 Å². The van der Waals surface area contributed by atoms with Crippen molar-refractivity contribution in [2.75, 3.05) is 19.8 Å². The van der Waals surface area contributed by atoms with Crippen LogP contribution in [-0.2, 0) is 28.6 Å². The number of carbonyl (C=O) groups excluding carboxylic acids is 3. The zero-order chi connectivity index (χ0) is 40.1. The van der Waals surface area contributed by atoms with E-state index in [1.807, 2.05) is 0 Å². The molecular weight excluding hydrogens is 685 g/mol. The molecule has 6 nitrogen and oxygen atoms in total. The van der Waals surface area contributed by atoms with E-state index in [1.54, 1.807) is 0 Å². The first-order chi connectivity index (χ1) is 27.0. The number of esters is 3. The maximum absolute atomic E-state index is 12.5. The molecule has 0 unspecified atom stereocenters. The van der Waals surface area contributed by atoms with Crippen molar-refractivity contribution in [3.63, 3.8) is 0 Å². The van der Waals surface area contributed by atoms with E-state index < -0.39 is 0 Å². The van der Waals surface area contributed by atoms with Gasteiger partial charge in [0.2, 0.25) is 0 Å². The van der Waals surface area contributed by atoms with Crippen LogP contribution in [0.25, 0.3) is 0 Å². The number of hydrogen-bond donors (Lipinski definition) is 0. The summed E-state index contributed by atoms with van der Waals surface area (Å²) < 4.78 is 16.8. The molecule has 0 spiro atoms. The van der Waals surface area contributed by atoms with Gasteiger partial charge in [0.25, 0.3) is 0 Å². The van der Waals surface area contributed by atoms with E-state index in [4.69, 9.17) is 14.2 Å². The lowest BCUT2D eigenvalue weighted by Gasteiger charge is -2.17. The summed E-state index contributed by atoms with van der Waals surface area (Å²) in [6, 6.07) is 0. The quantitative estimate of drug-likeness (QED) is 0.0348. The first-order valence-electron chi connectivity index (χ1n) is 24.5. The summed E-state index contributed by atoms with van der Waals surface area (Å²) >= 11 is 0. The van der Waals surface area contributed by atoms with Gasteiger partial charge in [-0.25, -0.2) is 0 Å². The summed E-state index contributed by atoms with van der Waals surface area (Å²) in [5.41, 5.74) is 0. The fourth-order valence-corrected chi connectivity index (χ4v) is 7.32. The van der Waals surface area contributed by atoms with Gasteiger partial charge in [0.1, 0.15) is 19.8 Å². The molecule has 6 heteroatoms. The molecule has 0 heterocycles. The van der Waals surface area contributed by atoms with Gasteiger partial charge in [-0.1, -0.05) is 233 Å². The highest BCUT2D eigenvalue weighted by Gasteiger charge is 2.18. The van der Waals surface area contributed by atoms with Crippen LogP contribution in [0, 0.1) is 5.92 Å². The first kappa shape index (κ1) is 53.4. The molecule has 0 radical (unpaired) electrons. The molecule has 0 atom stereocenters. The van der Waals surface area contributed by atoms with Crippen LogP contribution >= 0.6 is 0 Å². The molecule has 0 fully saturated rings. The van der Waals surface area contributed by atoms with Crippen molar-refractivity contribution in [2.24, 2.45) is 5.92 Å². The monoisotopic (exact) mass is 779 g/mol. The Bertz CT molecular complexity index is 709. The summed E-state index contributed by atoms with van der Waals surface area (Å²) in [5, 5.41) is 0. The molecule has 0 bridgehead atoms. The second-order valence-electron chi connectivity index (χ2n) is 16.8. The van der Waals surface area contributed by atoms with E-state index in [1.165, 1.54) is 173 Å². The van der Waals surface area contributed by atoms with Crippen LogP contribution in [0.1, 0.15) is 271 Å². The van der Waals surface area contributed by atoms with Crippen LogP contribution in [0.15, 0.2) is 0 Å². The summed E-state index contributed by atoms with van der Waals surface area (Å²) in [7, 11) is 0. The summed E-state index contributed by atoms with van der Waals surface area (Å²) in [6.45, 7) is 7.10. The molecular formula is C49H94O6. The average molecular weight is 779 g/mol. The second-order valence-corrected chi connectivity index (χ2v) is 16.8. The van der Waals surface area contributed by atoms with Gasteiger partial charge in [-0.3, -0.25) is 14.4 Å². The maximum atomic E-state index is 12.5. The lowest BCUT2D eigenvalue weighted by Crippen LogP contribution is -2.26. The standard InChI is InChI=1S/C49H94O6/c1-4-7-10-13-16-19-22-25-28-31-34-37-40-47(50)53-43-46(44-54-48(51)41-38-35-32-29-26-23-20-17-14-11-8-5-2)45-55-49(52)42-39-36-33-30-27-24-21-18-15-12-9-6-3/h46H,4-45H2,1-3H3. The molecule has 0 saturated heterocycles. The Balaban J connectivity index is 4.31. The molecule has 0 aromatic carbocycles. The minimum Gasteiger partial charge on any atom is -0.465 e. The van der Waals surface area contributed by atoms with E-state index in [2.05, 4.69) is 20.8 Å². The van der Waals surface area contributed by atoms with Crippen molar-refractivity contribution in [2.45, 2.75) is 271 Å². The third-order valence-electron chi connectivity index (χ3n) is 11.1. The maximum Gasteiger partial charge on any atom is 0.305 e. The fraction of sp³-hybridized carbons (Fsp3) is 0.939. The van der Waals surface area contributed by atoms with E-state index in [9.17, 15) is 14.4 Å². The lowest BCUT2D eigenvalue weighted by molar-refractivity contribution is -0.153. The summed E-state index contributed by atoms with van der Waals surface area (Å²) in [4.78, 5) is 37.6. The topological polar surface area (TPSA) is 78.9 Å². The third-order valence-corrected chi connectivity index (χ3v) is 11.1. The molecule has 326 valence electrons. The van der Waals surface area contributed by atoms with Crippen molar-refractivity contribution in [3.05, 3.63) is 0 Å². The Labute approximate surface area is 342 Å². The summed E-state index contributed by atoms with van der Waals surface area (Å²) in [5.74, 6) is -1.00. The smallest absolute Gasteiger partial charge is 0.305 e. The van der Waals surface area contributed by atoms with Gasteiger partial charge in [0, 0.05) is 19.3 Å². The van der Waals surface area contributed by atoms with Crippen LogP contribution < -0.4 is 0 Å². The molecule has 0 saturated carbocycles. The van der Waals surface area contributed by atoms with E-state index in [0.29, 0.717) is 19.3 Å². The van der Waals surface area contributed by atoms with Gasteiger partial charge in [-0.15, -0.1) is 0 Å². The number of unbranched alkanes of at least 4 members (excludes halogenated alkanes) is 33. The van der Waals surface area contributed by atoms with Crippen LogP contribution in [0.5, 0.6) is 0 Å². The van der Waals surface area contributed by atoms with Crippen molar-refractivity contribution in [3.8, 4) is 0 Å². The Morgan fingerprint density at radius 2 is 0.436 bits per heavy atom. The Kier molecular flexibility index (Phi) is 43.8. The molecule has 55 heavy (non-hydrogen) atoms. The Hall–Kier alpha value is -1.59. The van der Waals surface area contributed by atoms with Gasteiger partial charge in [0.15, 0.2) is 0 Å². The highest BCUT2D eigenvalue weighted by Crippen LogP contribution is 2.16. The van der Waals surface area contributed by atoms with Crippen molar-refractivity contribution in [1.82, 2.24) is 0 Å². The zero-order valence-corrected chi connectivity index (χ0v) is 37.2. The predicted octanol–water partition coefficient (Wildman–Crippen LogP) is 15.5. The molecule has 0 aliphatic rings. The van der Waals surface area contributed by atoms with Crippen LogP contribution in [0.4, 0.5) is 0 Å². The largest absolute Gasteiger partial charge is 0.465 e. The normalized spacial score (nSPS) is 11.3. The van der Waals surface area contributed by atoms with Gasteiger partial charge in [-0.2, -0.15) is 0 Å². The van der Waals surface area contributed by atoms with E-state index >= 15 is 0 Å². The highest BCUT2D eigenvalue weighted by atomic mass is 16.6. The number of rotatable bonds is 45. The second kappa shape index (κ2) is 45.1. The van der Waals surface area contributed by atoms with Gasteiger partial charge >= 0.3 is 17.9 Å². The molecule has 0 amide bonds. The zero-order valence-electron chi connectivity index (χ0n) is 37.2. The highest BCUT2D eigenvalue weighted by molar-refractivity contribution is 5.70. The van der Waals surface area contributed by atoms with Crippen molar-refractivity contribution >= 4 is 17.9 Å². The average Bonchev–Trinajstić information content (AvgIpc) is 3.18. The van der Waals surface area contributed by atoms with Gasteiger partial charge in [0.05, 0.1) is 5.92 Å². The lowest BCUT2D eigenvalue weighted by atomic mass is 10.0. The predicted molar refractivity (Wildman–Crippen MR) is 233 cm³/mol. The first-order valence-corrected chi connectivity index (χ1v) is 24.5. The van der Waals surface area contributed by atoms with Gasteiger partial charge in [-0.05, 0) is 19.3 Å². The molecule has 0 rings (SSSR count). The third kappa shape index (κ3) is 43.4. The van der Waals surface area contributed by atoms with E-state index in [0.717, 1.165) is 57.8 Å². The molecule has 0 N–H and O–H groups in total. The Morgan fingerprint density at radius 3 is 0.618 bits per heavy atom. The van der Waals surface area contributed by atoms with Crippen molar-refractivity contribution in [1.29, 1.82) is 0 Å². The molecule has 0 aliphatic carbocycles. The molecule has 0 aromatic heterocycles. The SMILES string of the molecule is CCCCCCCCCCCCCCC(=O)OCC(COC(=O)CCCCCCCCCCCCCC)COC(=O)CCCCCCCCCCCCCC. The minimum absolute atomic E-state index is 0.106. The summed E-state index contributed by atoms with van der Waals surface area (Å²) in [6.07, 6.45) is 46.3. The van der Waals surface area contributed by atoms with Gasteiger partial charge < -0.3 is 14.2 Å². The number of ether oxygens (including phenoxy) is 3. The van der Waals surface area contributed by atoms with E-state index in [-0.39, 0.29) is 43.6 Å². The Morgan fingerprint density at radius 1 is 0.273 bits per heavy atom. The number of hydrogen-bond acceptors (Lipinski definition) is 6. The van der Waals surface area contributed by atoms with Crippen LogP contribution in [-0.4, -0.2) is 37.7 Å². The molecule has 0 aliphatic heterocycles. The molecule has 0 aromatic rings. The number of carbonyl (C=O) groups is 3. The fourth-order valence-electron chi connectivity index (χ4n) is 7.32. The minimum atomic E-state index is -0.345.